The lowest BCUT2D eigenvalue weighted by molar-refractivity contribution is 0.631. The Bertz CT molecular complexity index is 1350. The summed E-state index contributed by atoms with van der Waals surface area (Å²) in [7, 11) is 3.78. The molecule has 5 aromatic heterocycles. The summed E-state index contributed by atoms with van der Waals surface area (Å²) in [5, 5.41) is 17.4. The fourth-order valence-corrected chi connectivity index (χ4v) is 4.60. The number of fused-ring (bicyclic) bond motifs is 3. The number of hydrogen-bond acceptors (Lipinski definition) is 6. The number of thiazole rings is 1. The summed E-state index contributed by atoms with van der Waals surface area (Å²) in [5.41, 5.74) is 3.08. The molecule has 10 heteroatoms. The summed E-state index contributed by atoms with van der Waals surface area (Å²) in [5.74, 6) is 0.0855. The highest BCUT2D eigenvalue weighted by molar-refractivity contribution is 7.19. The largest absolute Gasteiger partial charge is 0.323 e. The molecule has 9 nitrogen and oxygen atoms in total. The van der Waals surface area contributed by atoms with Crippen LogP contribution in [0.1, 0.15) is 29.2 Å². The normalized spacial score (nSPS) is 13.0. The van der Waals surface area contributed by atoms with E-state index in [4.69, 9.17) is 4.98 Å². The SMILES string of the molecule is CC(c1ccn(C)n1)c1nc2c(s1)c1cnn(Cc3ccn[nH]3)c(=O)c1n2C. The maximum absolute atomic E-state index is 13.0. The van der Waals surface area contributed by atoms with Gasteiger partial charge in [-0.25, -0.2) is 9.67 Å². The summed E-state index contributed by atoms with van der Waals surface area (Å²) >= 11 is 1.59. The molecule has 0 aromatic carbocycles. The van der Waals surface area contributed by atoms with Crippen molar-refractivity contribution in [2.45, 2.75) is 19.4 Å². The van der Waals surface area contributed by atoms with Crippen LogP contribution in [0.2, 0.25) is 0 Å². The Morgan fingerprint density at radius 3 is 2.86 bits per heavy atom. The minimum absolute atomic E-state index is 0.0855. The van der Waals surface area contributed by atoms with Gasteiger partial charge in [0.1, 0.15) is 10.5 Å². The van der Waals surface area contributed by atoms with Crippen molar-refractivity contribution < 1.29 is 0 Å². The van der Waals surface area contributed by atoms with E-state index in [-0.39, 0.29) is 11.5 Å². The molecule has 0 spiro atoms. The van der Waals surface area contributed by atoms with Gasteiger partial charge in [0.15, 0.2) is 5.65 Å². The first-order chi connectivity index (χ1) is 13.5. The molecule has 5 rings (SSSR count). The molecule has 0 fully saturated rings. The van der Waals surface area contributed by atoms with Gasteiger partial charge in [-0.1, -0.05) is 6.92 Å². The van der Waals surface area contributed by atoms with Gasteiger partial charge in [0.2, 0.25) is 0 Å². The van der Waals surface area contributed by atoms with E-state index in [1.165, 1.54) is 4.68 Å². The van der Waals surface area contributed by atoms with Gasteiger partial charge in [-0.15, -0.1) is 11.3 Å². The monoisotopic (exact) mass is 394 g/mol. The predicted octanol–water partition coefficient (Wildman–Crippen LogP) is 2.00. The Labute approximate surface area is 163 Å². The minimum atomic E-state index is -0.140. The Kier molecular flexibility index (Phi) is 3.69. The second-order valence-corrected chi connectivity index (χ2v) is 7.88. The Hall–Kier alpha value is -3.27. The molecule has 5 aromatic rings. The molecular formula is C18H18N8OS. The maximum atomic E-state index is 13.0. The molecule has 1 unspecified atom stereocenters. The van der Waals surface area contributed by atoms with Crippen LogP contribution in [0.3, 0.4) is 0 Å². The van der Waals surface area contributed by atoms with E-state index in [1.807, 2.05) is 37.0 Å². The first kappa shape index (κ1) is 16.9. The number of nitrogens with one attached hydrogen (secondary N) is 1. The maximum Gasteiger partial charge on any atom is 0.291 e. The van der Waals surface area contributed by atoms with Gasteiger partial charge in [0, 0.05) is 31.9 Å². The number of H-pyrrole nitrogens is 1. The third-order valence-electron chi connectivity index (χ3n) is 4.97. The molecule has 0 saturated heterocycles. The highest BCUT2D eigenvalue weighted by atomic mass is 32.1. The molecule has 0 radical (unpaired) electrons. The minimum Gasteiger partial charge on any atom is -0.323 e. The van der Waals surface area contributed by atoms with Crippen molar-refractivity contribution in [1.29, 1.82) is 0 Å². The molecular weight excluding hydrogens is 376 g/mol. The van der Waals surface area contributed by atoms with Gasteiger partial charge < -0.3 is 4.57 Å². The van der Waals surface area contributed by atoms with Crippen molar-refractivity contribution in [2.75, 3.05) is 0 Å². The van der Waals surface area contributed by atoms with E-state index in [0.717, 1.165) is 32.1 Å². The Morgan fingerprint density at radius 2 is 2.14 bits per heavy atom. The standard InChI is InChI=1S/C18H18N8OS/c1-10(13-5-7-24(2)23-13)17-21-16-15(28-17)12-8-20-26(9-11-4-6-19-22-11)18(27)14(12)25(16)3/h4-8,10H,9H2,1-3H3,(H,19,22). The van der Waals surface area contributed by atoms with Gasteiger partial charge >= 0.3 is 0 Å². The van der Waals surface area contributed by atoms with E-state index in [9.17, 15) is 4.79 Å². The van der Waals surface area contributed by atoms with Crippen molar-refractivity contribution in [2.24, 2.45) is 14.1 Å². The van der Waals surface area contributed by atoms with Crippen LogP contribution >= 0.6 is 11.3 Å². The summed E-state index contributed by atoms with van der Waals surface area (Å²) < 4.78 is 6.08. The van der Waals surface area contributed by atoms with E-state index in [1.54, 1.807) is 28.4 Å². The van der Waals surface area contributed by atoms with Crippen LogP contribution in [0.25, 0.3) is 21.3 Å². The molecule has 0 aliphatic heterocycles. The van der Waals surface area contributed by atoms with Crippen molar-refractivity contribution in [3.05, 3.63) is 57.5 Å². The van der Waals surface area contributed by atoms with Crippen LogP contribution in [0.5, 0.6) is 0 Å². The number of aromatic nitrogens is 8. The zero-order valence-electron chi connectivity index (χ0n) is 15.6. The van der Waals surface area contributed by atoms with E-state index in [2.05, 4.69) is 27.3 Å². The molecule has 28 heavy (non-hydrogen) atoms. The summed E-state index contributed by atoms with van der Waals surface area (Å²) in [6.07, 6.45) is 5.34. The van der Waals surface area contributed by atoms with Crippen LogP contribution in [-0.4, -0.2) is 39.3 Å². The highest BCUT2D eigenvalue weighted by Gasteiger charge is 2.22. The van der Waals surface area contributed by atoms with Gasteiger partial charge in [-0.3, -0.25) is 14.6 Å². The van der Waals surface area contributed by atoms with E-state index in [0.29, 0.717) is 12.1 Å². The second kappa shape index (κ2) is 6.13. The van der Waals surface area contributed by atoms with Crippen molar-refractivity contribution in [3.8, 4) is 0 Å². The lowest BCUT2D eigenvalue weighted by Gasteiger charge is -2.05. The lowest BCUT2D eigenvalue weighted by atomic mass is 10.1. The van der Waals surface area contributed by atoms with Gasteiger partial charge in [0.25, 0.3) is 5.56 Å². The quantitative estimate of drug-likeness (QED) is 0.503. The Balaban J connectivity index is 1.62. The van der Waals surface area contributed by atoms with Crippen LogP contribution in [0.15, 0.2) is 35.5 Å². The van der Waals surface area contributed by atoms with Gasteiger partial charge in [-0.2, -0.15) is 15.3 Å². The van der Waals surface area contributed by atoms with Crippen molar-refractivity contribution in [1.82, 2.24) is 39.3 Å². The molecule has 0 aliphatic rings. The Morgan fingerprint density at radius 1 is 1.29 bits per heavy atom. The van der Waals surface area contributed by atoms with Crippen LogP contribution in [0.4, 0.5) is 0 Å². The average Bonchev–Trinajstić information content (AvgIpc) is 3.44. The zero-order valence-corrected chi connectivity index (χ0v) is 16.4. The smallest absolute Gasteiger partial charge is 0.291 e. The third-order valence-corrected chi connectivity index (χ3v) is 6.23. The molecule has 0 saturated carbocycles. The molecule has 0 bridgehead atoms. The number of aromatic amines is 1. The van der Waals surface area contributed by atoms with Crippen LogP contribution in [-0.2, 0) is 20.6 Å². The zero-order chi connectivity index (χ0) is 19.4. The third kappa shape index (κ3) is 2.48. The summed E-state index contributed by atoms with van der Waals surface area (Å²) in [6.45, 7) is 2.45. The van der Waals surface area contributed by atoms with Crippen LogP contribution < -0.4 is 5.56 Å². The first-order valence-electron chi connectivity index (χ1n) is 8.85. The number of hydrogen-bond donors (Lipinski definition) is 1. The summed E-state index contributed by atoms with van der Waals surface area (Å²) in [6, 6.07) is 3.83. The molecule has 5 heterocycles. The fraction of sp³-hybridized carbons (Fsp3) is 0.278. The second-order valence-electron chi connectivity index (χ2n) is 6.85. The van der Waals surface area contributed by atoms with E-state index >= 15 is 0 Å². The molecule has 1 N–H and O–H groups in total. The first-order valence-corrected chi connectivity index (χ1v) is 9.67. The molecule has 1 atom stereocenters. The number of aryl methyl sites for hydroxylation is 2. The summed E-state index contributed by atoms with van der Waals surface area (Å²) in [4.78, 5) is 17.8. The van der Waals surface area contributed by atoms with Gasteiger partial charge in [-0.05, 0) is 12.1 Å². The molecule has 0 amide bonds. The number of nitrogens with zero attached hydrogens (tertiary/aromatic N) is 7. The van der Waals surface area contributed by atoms with Crippen LogP contribution in [0, 0.1) is 0 Å². The predicted molar refractivity (Wildman–Crippen MR) is 107 cm³/mol. The lowest BCUT2D eigenvalue weighted by Crippen LogP contribution is -2.24. The highest BCUT2D eigenvalue weighted by Crippen LogP contribution is 2.35. The average molecular weight is 394 g/mol. The molecule has 0 aliphatic carbocycles. The van der Waals surface area contributed by atoms with Crippen molar-refractivity contribution >= 4 is 32.6 Å². The van der Waals surface area contributed by atoms with Crippen molar-refractivity contribution in [3.63, 3.8) is 0 Å². The molecule has 142 valence electrons. The number of rotatable bonds is 4. The topological polar surface area (TPSA) is 99.2 Å². The fourth-order valence-electron chi connectivity index (χ4n) is 3.43. The van der Waals surface area contributed by atoms with Gasteiger partial charge in [0.05, 0.1) is 34.7 Å². The van der Waals surface area contributed by atoms with E-state index < -0.39 is 0 Å².